The minimum Gasteiger partial charge on any atom is -0.481 e. The molecule has 2 heterocycles. The number of aliphatic hydroxyl groups excluding tert-OH is 2. The van der Waals surface area contributed by atoms with Crippen LogP contribution < -0.4 is 37.6 Å². The van der Waals surface area contributed by atoms with Gasteiger partial charge >= 0.3 is 5.97 Å². The maximum atomic E-state index is 13.7. The Hall–Kier alpha value is -5.74. The number of H-pyrrole nitrogens is 1. The summed E-state index contributed by atoms with van der Waals surface area (Å²) in [7, 11) is 0. The number of carboxylic acids is 1. The Kier molecular flexibility index (Phi) is 16.8. The number of nitrogens with one attached hydrogen (secondary N) is 7. The van der Waals surface area contributed by atoms with Crippen molar-refractivity contribution in [3.05, 3.63) is 36.0 Å². The number of amides is 8. The molecule has 1 aromatic carbocycles. The molecule has 1 aliphatic heterocycles. The number of rotatable bonds is 20. The second kappa shape index (κ2) is 21.0. The van der Waals surface area contributed by atoms with Crippen LogP contribution in [-0.4, -0.2) is 146 Å². The lowest BCUT2D eigenvalue weighted by atomic mass is 10.0. The van der Waals surface area contributed by atoms with Crippen molar-refractivity contribution in [3.8, 4) is 0 Å². The van der Waals surface area contributed by atoms with Gasteiger partial charge in [0.15, 0.2) is 0 Å². The predicted molar refractivity (Wildman–Crippen MR) is 204 cm³/mol. The van der Waals surface area contributed by atoms with Gasteiger partial charge in [-0.25, -0.2) is 0 Å². The van der Waals surface area contributed by atoms with Gasteiger partial charge in [-0.2, -0.15) is 12.6 Å². The molecule has 1 aromatic heterocycles. The summed E-state index contributed by atoms with van der Waals surface area (Å²) in [5.74, 6) is -9.03. The van der Waals surface area contributed by atoms with Crippen LogP contribution in [0.5, 0.6) is 0 Å². The zero-order valence-corrected chi connectivity index (χ0v) is 32.3. The lowest BCUT2D eigenvalue weighted by Crippen LogP contribution is -2.62. The van der Waals surface area contributed by atoms with Gasteiger partial charge in [0.25, 0.3) is 0 Å². The van der Waals surface area contributed by atoms with Crippen LogP contribution in [0.4, 0.5) is 0 Å². The van der Waals surface area contributed by atoms with E-state index in [2.05, 4.69) is 44.2 Å². The average molecular weight is 820 g/mol. The van der Waals surface area contributed by atoms with Gasteiger partial charge < -0.3 is 62.8 Å². The summed E-state index contributed by atoms with van der Waals surface area (Å²) in [6, 6.07) is -2.73. The number of nitrogens with zero attached hydrogens (tertiary/aromatic N) is 1. The third-order valence-electron chi connectivity index (χ3n) is 9.18. The van der Waals surface area contributed by atoms with E-state index < -0.39 is 114 Å². The Morgan fingerprint density at radius 3 is 2.07 bits per heavy atom. The first-order chi connectivity index (χ1) is 26.9. The molecule has 0 radical (unpaired) electrons. The van der Waals surface area contributed by atoms with Gasteiger partial charge in [-0.05, 0) is 38.3 Å². The molecule has 0 unspecified atom stereocenters. The molecule has 22 heteroatoms. The number of aromatic amines is 1. The maximum Gasteiger partial charge on any atom is 0.305 e. The van der Waals surface area contributed by atoms with Gasteiger partial charge in [-0.15, -0.1) is 0 Å². The summed E-state index contributed by atoms with van der Waals surface area (Å²) in [5.41, 5.74) is 6.55. The van der Waals surface area contributed by atoms with E-state index in [1.807, 2.05) is 23.5 Å². The number of likely N-dealkylation sites (tertiary alicyclic amines) is 1. The van der Waals surface area contributed by atoms with Crippen LogP contribution in [-0.2, 0) is 49.6 Å². The van der Waals surface area contributed by atoms with Crippen molar-refractivity contribution in [2.24, 2.45) is 5.73 Å². The lowest BCUT2D eigenvalue weighted by Gasteiger charge is -2.27. The summed E-state index contributed by atoms with van der Waals surface area (Å²) in [6.07, 6.45) is 0.132. The molecule has 1 aliphatic rings. The molecule has 0 spiro atoms. The van der Waals surface area contributed by atoms with Crippen LogP contribution in [0.3, 0.4) is 0 Å². The summed E-state index contributed by atoms with van der Waals surface area (Å²) < 4.78 is 0. The topological polar surface area (TPSA) is 332 Å². The first-order valence-electron chi connectivity index (χ1n) is 17.9. The minimum atomic E-state index is -1.80. The Morgan fingerprint density at radius 1 is 0.860 bits per heavy atom. The van der Waals surface area contributed by atoms with Crippen LogP contribution >= 0.6 is 12.6 Å². The fraction of sp³-hybridized carbons (Fsp3) is 0.514. The summed E-state index contributed by atoms with van der Waals surface area (Å²) in [5, 5.41) is 43.7. The quantitative estimate of drug-likeness (QED) is 0.0568. The van der Waals surface area contributed by atoms with Crippen molar-refractivity contribution in [2.75, 3.05) is 18.9 Å². The van der Waals surface area contributed by atoms with Crippen molar-refractivity contribution in [3.63, 3.8) is 0 Å². The molecule has 21 nitrogen and oxygen atoms in total. The second-order valence-corrected chi connectivity index (χ2v) is 13.9. The Balaban J connectivity index is 1.72. The fourth-order valence-electron chi connectivity index (χ4n) is 6.07. The molecule has 12 N–H and O–H groups in total. The molecule has 1 fully saturated rings. The smallest absolute Gasteiger partial charge is 0.305 e. The Bertz CT molecular complexity index is 1840. The first-order valence-corrected chi connectivity index (χ1v) is 18.6. The second-order valence-electron chi connectivity index (χ2n) is 13.5. The van der Waals surface area contributed by atoms with Crippen molar-refractivity contribution in [1.82, 2.24) is 41.8 Å². The number of para-hydroxylation sites is 1. The number of hydrogen-bond donors (Lipinski definition) is 12. The number of nitrogens with two attached hydrogens (primary N) is 1. The van der Waals surface area contributed by atoms with Crippen molar-refractivity contribution in [2.45, 2.75) is 94.9 Å². The van der Waals surface area contributed by atoms with Gasteiger partial charge in [0.05, 0.1) is 19.1 Å². The highest BCUT2D eigenvalue weighted by molar-refractivity contribution is 7.80. The molecule has 0 saturated carbocycles. The number of primary amides is 1. The van der Waals surface area contributed by atoms with Gasteiger partial charge in [-0.3, -0.25) is 43.2 Å². The molecule has 0 bridgehead atoms. The number of hydrogen-bond acceptors (Lipinski definition) is 12. The average Bonchev–Trinajstić information content (AvgIpc) is 3.81. The zero-order chi connectivity index (χ0) is 42.6. The monoisotopic (exact) mass is 819 g/mol. The van der Waals surface area contributed by atoms with Crippen LogP contribution in [0.15, 0.2) is 30.5 Å². The van der Waals surface area contributed by atoms with Crippen LogP contribution in [0.1, 0.15) is 45.6 Å². The van der Waals surface area contributed by atoms with Gasteiger partial charge in [0.2, 0.25) is 47.3 Å². The Labute approximate surface area is 332 Å². The molecular weight excluding hydrogens is 771 g/mol. The van der Waals surface area contributed by atoms with E-state index in [-0.39, 0.29) is 12.3 Å². The molecule has 0 aliphatic carbocycles. The van der Waals surface area contributed by atoms with Crippen LogP contribution in [0.25, 0.3) is 10.9 Å². The molecular formula is C35H49N9O12S. The van der Waals surface area contributed by atoms with Crippen LogP contribution in [0.2, 0.25) is 0 Å². The normalized spacial score (nSPS) is 17.4. The molecule has 8 atom stereocenters. The standard InChI is InChI=1S/C35H49N9O12S/c1-16(38-31(52)22(11-19-13-37-21-8-5-4-7-20(19)21)40-34(55)26-9-6-10-44(26)18(3)47)30(51)43-28(17(2)46)35(56)42-25(15-57)33(54)39-23(12-27(48)49)32(53)41-24(14-45)29(36)50/h4-5,7-8,13,16-17,22-26,28,37,45-46,57H,6,9-12,14-15H2,1-3H3,(H2,36,50)(H,38,52)(H,39,54)(H,40,55)(H,41,53)(H,42,56)(H,43,51)(H,48,49)/t16-,17+,22-,23-,24-,25-,26-,28-/m0/s1. The highest BCUT2D eigenvalue weighted by Gasteiger charge is 2.37. The number of aromatic nitrogens is 1. The van der Waals surface area contributed by atoms with E-state index in [0.29, 0.717) is 24.9 Å². The zero-order valence-electron chi connectivity index (χ0n) is 31.4. The van der Waals surface area contributed by atoms with E-state index in [0.717, 1.165) is 17.8 Å². The van der Waals surface area contributed by atoms with E-state index >= 15 is 0 Å². The van der Waals surface area contributed by atoms with Gasteiger partial charge in [0.1, 0.15) is 42.3 Å². The molecule has 3 rings (SSSR count). The minimum absolute atomic E-state index is 0.00323. The molecule has 312 valence electrons. The molecule has 1 saturated heterocycles. The van der Waals surface area contributed by atoms with Crippen molar-refractivity contribution < 1.29 is 58.5 Å². The van der Waals surface area contributed by atoms with Crippen molar-refractivity contribution >= 4 is 76.8 Å². The molecule has 57 heavy (non-hydrogen) atoms. The fourth-order valence-corrected chi connectivity index (χ4v) is 6.32. The largest absolute Gasteiger partial charge is 0.481 e. The maximum absolute atomic E-state index is 13.7. The highest BCUT2D eigenvalue weighted by Crippen LogP contribution is 2.21. The third kappa shape index (κ3) is 12.6. The van der Waals surface area contributed by atoms with Crippen LogP contribution in [0, 0.1) is 0 Å². The number of benzene rings is 1. The lowest BCUT2D eigenvalue weighted by molar-refractivity contribution is -0.141. The summed E-state index contributed by atoms with van der Waals surface area (Å²) in [6.45, 7) is 3.27. The molecule has 2 aromatic rings. The molecule has 8 amide bonds. The first kappa shape index (κ1) is 45.6. The Morgan fingerprint density at radius 2 is 1.47 bits per heavy atom. The number of carbonyl (C=O) groups is 9. The van der Waals surface area contributed by atoms with E-state index in [1.54, 1.807) is 12.3 Å². The van der Waals surface area contributed by atoms with E-state index in [4.69, 9.17) is 5.73 Å². The number of aliphatic hydroxyl groups is 2. The number of fused-ring (bicyclic) bond motifs is 1. The number of aliphatic carboxylic acids is 1. The number of carbonyl (C=O) groups excluding carboxylic acids is 8. The highest BCUT2D eigenvalue weighted by atomic mass is 32.1. The predicted octanol–water partition coefficient (Wildman–Crippen LogP) is -4.09. The van der Waals surface area contributed by atoms with Crippen molar-refractivity contribution in [1.29, 1.82) is 0 Å². The third-order valence-corrected chi connectivity index (χ3v) is 9.54. The number of thiol groups is 1. The SMILES string of the molecule is CC(=O)N1CCC[C@H]1C(=O)N[C@@H](Cc1c[nH]c2ccccc12)C(=O)N[C@@H](C)C(=O)N[C@H](C(=O)N[C@@H](CS)C(=O)N[C@@H](CC(=O)O)C(=O)N[C@@H](CO)C(N)=O)[C@@H](C)O. The van der Waals surface area contributed by atoms with E-state index in [1.165, 1.54) is 18.7 Å². The van der Waals surface area contributed by atoms with Gasteiger partial charge in [0, 0.05) is 42.7 Å². The summed E-state index contributed by atoms with van der Waals surface area (Å²) >= 11 is 4.03. The number of carboxylic acid groups (broad SMARTS) is 1. The van der Waals surface area contributed by atoms with Gasteiger partial charge in [-0.1, -0.05) is 18.2 Å². The van der Waals surface area contributed by atoms with E-state index in [9.17, 15) is 58.5 Å². The summed E-state index contributed by atoms with van der Waals surface area (Å²) in [4.78, 5) is 119.